The summed E-state index contributed by atoms with van der Waals surface area (Å²) in [5.74, 6) is 0.738. The average Bonchev–Trinajstić information content (AvgIpc) is 3.31. The molecule has 1 heterocycles. The number of rotatable bonds is 4. The molecule has 1 aromatic rings. The van der Waals surface area contributed by atoms with Crippen molar-refractivity contribution in [3.8, 4) is 0 Å². The molecule has 2 fully saturated rings. The average molecular weight is 302 g/mol. The molecule has 4 heteroatoms. The smallest absolute Gasteiger partial charge is 0.315 e. The number of nitrogens with one attached hydrogen (secondary N) is 2. The van der Waals surface area contributed by atoms with Gasteiger partial charge in [-0.3, -0.25) is 0 Å². The van der Waals surface area contributed by atoms with E-state index >= 15 is 0 Å². The first-order chi connectivity index (χ1) is 10.6. The van der Waals surface area contributed by atoms with Crippen LogP contribution in [0.5, 0.6) is 0 Å². The molecule has 0 aromatic heterocycles. The summed E-state index contributed by atoms with van der Waals surface area (Å²) in [6.45, 7) is 5.52. The zero-order valence-corrected chi connectivity index (χ0v) is 13.5. The van der Waals surface area contributed by atoms with E-state index in [9.17, 15) is 4.79 Å². The molecule has 2 atom stereocenters. The van der Waals surface area contributed by atoms with Crippen molar-refractivity contribution in [3.63, 3.8) is 0 Å². The van der Waals surface area contributed by atoms with E-state index < -0.39 is 0 Å². The van der Waals surface area contributed by atoms with Crippen LogP contribution in [-0.4, -0.2) is 24.8 Å². The predicted molar refractivity (Wildman–Crippen MR) is 86.8 cm³/mol. The topological polar surface area (TPSA) is 50.4 Å². The zero-order chi connectivity index (χ0) is 15.5. The van der Waals surface area contributed by atoms with Crippen LogP contribution in [0.2, 0.25) is 0 Å². The second-order valence-corrected chi connectivity index (χ2v) is 6.67. The molecule has 1 aliphatic carbocycles. The summed E-state index contributed by atoms with van der Waals surface area (Å²) in [5, 5.41) is 6.11. The van der Waals surface area contributed by atoms with E-state index in [0.717, 1.165) is 25.4 Å². The van der Waals surface area contributed by atoms with Gasteiger partial charge in [0.15, 0.2) is 0 Å². The van der Waals surface area contributed by atoms with Crippen molar-refractivity contribution < 1.29 is 9.53 Å². The molecule has 1 saturated heterocycles. The molecule has 0 radical (unpaired) electrons. The molecular formula is C18H26N2O2. The Morgan fingerprint density at radius 2 is 1.95 bits per heavy atom. The summed E-state index contributed by atoms with van der Waals surface area (Å²) < 4.78 is 5.80. The fourth-order valence-corrected chi connectivity index (χ4v) is 3.29. The van der Waals surface area contributed by atoms with E-state index in [-0.39, 0.29) is 12.1 Å². The molecule has 2 amide bonds. The second kappa shape index (κ2) is 6.69. The molecule has 22 heavy (non-hydrogen) atoms. The van der Waals surface area contributed by atoms with Gasteiger partial charge >= 0.3 is 6.03 Å². The number of aryl methyl sites for hydroxylation is 2. The molecule has 2 N–H and O–H groups in total. The highest BCUT2D eigenvalue weighted by Crippen LogP contribution is 2.38. The first kappa shape index (κ1) is 15.3. The minimum absolute atomic E-state index is 0.0656. The summed E-state index contributed by atoms with van der Waals surface area (Å²) in [6, 6.07) is 6.40. The maximum absolute atomic E-state index is 12.1. The number of hydrogen-bond donors (Lipinski definition) is 2. The van der Waals surface area contributed by atoms with Gasteiger partial charge in [0.25, 0.3) is 0 Å². The van der Waals surface area contributed by atoms with E-state index in [1.165, 1.54) is 29.5 Å². The van der Waals surface area contributed by atoms with Crippen LogP contribution in [0.3, 0.4) is 0 Å². The molecule has 3 rings (SSSR count). The van der Waals surface area contributed by atoms with E-state index in [4.69, 9.17) is 4.74 Å². The minimum Gasteiger partial charge on any atom is -0.378 e. The van der Waals surface area contributed by atoms with Crippen molar-refractivity contribution in [1.82, 2.24) is 10.6 Å². The summed E-state index contributed by atoms with van der Waals surface area (Å²) in [6.07, 6.45) is 4.81. The molecule has 120 valence electrons. The van der Waals surface area contributed by atoms with E-state index in [1.807, 2.05) is 6.07 Å². The molecule has 1 saturated carbocycles. The van der Waals surface area contributed by atoms with E-state index in [1.54, 1.807) is 0 Å². The number of carbonyl (C=O) groups excluding carboxylic acids is 1. The Labute approximate surface area is 132 Å². The molecule has 2 unspecified atom stereocenters. The van der Waals surface area contributed by atoms with Gasteiger partial charge < -0.3 is 15.4 Å². The zero-order valence-electron chi connectivity index (χ0n) is 13.5. The van der Waals surface area contributed by atoms with Crippen LogP contribution in [0.1, 0.15) is 42.4 Å². The first-order valence-electron chi connectivity index (χ1n) is 8.34. The number of ether oxygens (including phenoxy) is 1. The number of hydrogen-bond acceptors (Lipinski definition) is 2. The largest absolute Gasteiger partial charge is 0.378 e. The Balaban J connectivity index is 1.48. The summed E-state index contributed by atoms with van der Waals surface area (Å²) >= 11 is 0. The van der Waals surface area contributed by atoms with Gasteiger partial charge in [-0.05, 0) is 62.1 Å². The van der Waals surface area contributed by atoms with Crippen LogP contribution in [0.4, 0.5) is 4.79 Å². The first-order valence-corrected chi connectivity index (χ1v) is 8.34. The monoisotopic (exact) mass is 302 g/mol. The van der Waals surface area contributed by atoms with Crippen LogP contribution in [0.25, 0.3) is 0 Å². The third-order valence-electron chi connectivity index (χ3n) is 4.87. The Bertz CT molecular complexity index is 520. The van der Waals surface area contributed by atoms with Crippen molar-refractivity contribution in [2.75, 3.05) is 6.61 Å². The molecule has 2 aliphatic rings. The van der Waals surface area contributed by atoms with Crippen LogP contribution in [-0.2, 0) is 11.3 Å². The van der Waals surface area contributed by atoms with Crippen molar-refractivity contribution in [2.45, 2.75) is 58.2 Å². The van der Waals surface area contributed by atoms with E-state index in [2.05, 4.69) is 36.6 Å². The Kier molecular flexibility index (Phi) is 4.67. The van der Waals surface area contributed by atoms with Gasteiger partial charge in [-0.15, -0.1) is 0 Å². The highest BCUT2D eigenvalue weighted by atomic mass is 16.5. The Morgan fingerprint density at radius 1 is 1.23 bits per heavy atom. The lowest BCUT2D eigenvalue weighted by molar-refractivity contribution is -0.00914. The number of benzene rings is 1. The summed E-state index contributed by atoms with van der Waals surface area (Å²) in [4.78, 5) is 12.1. The maximum Gasteiger partial charge on any atom is 0.315 e. The van der Waals surface area contributed by atoms with Crippen LogP contribution in [0.15, 0.2) is 18.2 Å². The lowest BCUT2D eigenvalue weighted by atomic mass is 10.0. The van der Waals surface area contributed by atoms with Crippen molar-refractivity contribution in [3.05, 3.63) is 34.9 Å². The molecular weight excluding hydrogens is 276 g/mol. The molecule has 4 nitrogen and oxygen atoms in total. The van der Waals surface area contributed by atoms with Gasteiger partial charge in [-0.25, -0.2) is 4.79 Å². The van der Waals surface area contributed by atoms with Crippen molar-refractivity contribution in [1.29, 1.82) is 0 Å². The quantitative estimate of drug-likeness (QED) is 0.898. The third kappa shape index (κ3) is 3.80. The van der Waals surface area contributed by atoms with Gasteiger partial charge in [-0.1, -0.05) is 18.2 Å². The highest BCUT2D eigenvalue weighted by Gasteiger charge is 2.36. The fourth-order valence-electron chi connectivity index (χ4n) is 3.29. The lowest BCUT2D eigenvalue weighted by Gasteiger charge is -2.30. The number of carbonyl (C=O) groups is 1. The number of urea groups is 1. The van der Waals surface area contributed by atoms with Crippen LogP contribution >= 0.6 is 0 Å². The molecule has 1 aliphatic heterocycles. The summed E-state index contributed by atoms with van der Waals surface area (Å²) in [7, 11) is 0. The van der Waals surface area contributed by atoms with Crippen LogP contribution < -0.4 is 10.6 Å². The Morgan fingerprint density at radius 3 is 2.64 bits per heavy atom. The Hall–Kier alpha value is -1.55. The van der Waals surface area contributed by atoms with Crippen LogP contribution in [0, 0.1) is 19.8 Å². The highest BCUT2D eigenvalue weighted by molar-refractivity contribution is 5.74. The normalized spacial score (nSPS) is 24.8. The number of amides is 2. The van der Waals surface area contributed by atoms with Gasteiger partial charge in [0.2, 0.25) is 0 Å². The fraction of sp³-hybridized carbons (Fsp3) is 0.611. The molecule has 0 spiro atoms. The second-order valence-electron chi connectivity index (χ2n) is 6.67. The van der Waals surface area contributed by atoms with E-state index in [0.29, 0.717) is 12.6 Å². The summed E-state index contributed by atoms with van der Waals surface area (Å²) in [5.41, 5.74) is 3.65. The van der Waals surface area contributed by atoms with Gasteiger partial charge in [0.05, 0.1) is 6.10 Å². The van der Waals surface area contributed by atoms with Gasteiger partial charge in [0, 0.05) is 19.2 Å². The minimum atomic E-state index is -0.0656. The molecule has 1 aromatic carbocycles. The SMILES string of the molecule is Cc1cccc(C)c1CNC(=O)NC1CCOC(C2CC2)C1. The lowest BCUT2D eigenvalue weighted by Crippen LogP contribution is -2.46. The third-order valence-corrected chi connectivity index (χ3v) is 4.87. The van der Waals surface area contributed by atoms with Crippen molar-refractivity contribution in [2.24, 2.45) is 5.92 Å². The van der Waals surface area contributed by atoms with Gasteiger partial charge in [0.1, 0.15) is 0 Å². The standard InChI is InChI=1S/C18H26N2O2/c1-12-4-3-5-13(2)16(12)11-19-18(21)20-15-8-9-22-17(10-15)14-6-7-14/h3-5,14-15,17H,6-11H2,1-2H3,(H2,19,20,21). The maximum atomic E-state index is 12.1. The van der Waals surface area contributed by atoms with Crippen molar-refractivity contribution >= 4 is 6.03 Å². The molecule has 0 bridgehead atoms. The predicted octanol–water partition coefficient (Wildman–Crippen LogP) is 3.06. The van der Waals surface area contributed by atoms with Gasteiger partial charge in [-0.2, -0.15) is 0 Å².